The lowest BCUT2D eigenvalue weighted by molar-refractivity contribution is 0.486. The highest BCUT2D eigenvalue weighted by atomic mass is 35.5. The predicted octanol–water partition coefficient (Wildman–Crippen LogP) is 2.22. The van der Waals surface area contributed by atoms with Crippen LogP contribution in [0.2, 0.25) is 5.15 Å². The molecule has 4 heteroatoms. The van der Waals surface area contributed by atoms with Crippen LogP contribution in [0.1, 0.15) is 19.5 Å². The molecule has 1 rings (SSSR count). The fourth-order valence-corrected chi connectivity index (χ4v) is 1.02. The monoisotopic (exact) mass is 195 g/mol. The van der Waals surface area contributed by atoms with Crippen molar-refractivity contribution >= 4 is 11.6 Å². The third kappa shape index (κ3) is 3.00. The van der Waals surface area contributed by atoms with Crippen molar-refractivity contribution in [2.24, 2.45) is 5.41 Å². The normalized spacial score (nSPS) is 10.9. The van der Waals surface area contributed by atoms with Gasteiger partial charge in [0.05, 0.1) is 29.6 Å². The molecule has 1 aromatic rings. The summed E-state index contributed by atoms with van der Waals surface area (Å²) in [7, 11) is 0. The fraction of sp³-hybridized carbons (Fsp3) is 0.444. The van der Waals surface area contributed by atoms with Gasteiger partial charge in [0.1, 0.15) is 5.15 Å². The van der Waals surface area contributed by atoms with E-state index in [2.05, 4.69) is 16.0 Å². The Hall–Kier alpha value is -1.14. The van der Waals surface area contributed by atoms with Crippen molar-refractivity contribution in [1.82, 2.24) is 9.97 Å². The average molecular weight is 196 g/mol. The molecule has 0 bridgehead atoms. The van der Waals surface area contributed by atoms with E-state index < -0.39 is 5.41 Å². The Morgan fingerprint density at radius 3 is 2.62 bits per heavy atom. The molecule has 1 heterocycles. The summed E-state index contributed by atoms with van der Waals surface area (Å²) in [4.78, 5) is 7.96. The molecular formula is C9H10ClN3. The summed E-state index contributed by atoms with van der Waals surface area (Å²) >= 11 is 5.58. The summed E-state index contributed by atoms with van der Waals surface area (Å²) in [6.07, 6.45) is 3.68. The van der Waals surface area contributed by atoms with Crippen LogP contribution in [0.15, 0.2) is 12.4 Å². The highest BCUT2D eigenvalue weighted by molar-refractivity contribution is 6.29. The Balaban J connectivity index is 2.77. The van der Waals surface area contributed by atoms with Gasteiger partial charge in [-0.1, -0.05) is 11.6 Å². The predicted molar refractivity (Wildman–Crippen MR) is 50.1 cm³/mol. The van der Waals surface area contributed by atoms with Crippen molar-refractivity contribution < 1.29 is 0 Å². The van der Waals surface area contributed by atoms with Crippen LogP contribution in [0, 0.1) is 16.7 Å². The van der Waals surface area contributed by atoms with E-state index in [-0.39, 0.29) is 0 Å². The minimum atomic E-state index is -0.400. The van der Waals surface area contributed by atoms with Crippen LogP contribution < -0.4 is 0 Å². The van der Waals surface area contributed by atoms with Gasteiger partial charge in [0.2, 0.25) is 0 Å². The molecule has 0 unspecified atom stereocenters. The zero-order valence-electron chi connectivity index (χ0n) is 7.58. The molecule has 0 aromatic carbocycles. The average Bonchev–Trinajstić information content (AvgIpc) is 2.09. The Morgan fingerprint density at radius 2 is 2.15 bits per heavy atom. The van der Waals surface area contributed by atoms with Gasteiger partial charge >= 0.3 is 0 Å². The molecule has 13 heavy (non-hydrogen) atoms. The molecule has 0 aliphatic rings. The first kappa shape index (κ1) is 9.94. The van der Waals surface area contributed by atoms with E-state index in [0.29, 0.717) is 11.6 Å². The van der Waals surface area contributed by atoms with Crippen LogP contribution in [0.3, 0.4) is 0 Å². The zero-order chi connectivity index (χ0) is 9.90. The smallest absolute Gasteiger partial charge is 0.147 e. The topological polar surface area (TPSA) is 49.6 Å². The van der Waals surface area contributed by atoms with E-state index >= 15 is 0 Å². The van der Waals surface area contributed by atoms with Crippen molar-refractivity contribution in [2.45, 2.75) is 20.3 Å². The lowest BCUT2D eigenvalue weighted by Gasteiger charge is -2.13. The number of aromatic nitrogens is 2. The largest absolute Gasteiger partial charge is 0.256 e. The summed E-state index contributed by atoms with van der Waals surface area (Å²) in [6, 6.07) is 2.20. The molecule has 0 aliphatic carbocycles. The minimum absolute atomic E-state index is 0.374. The Bertz CT molecular complexity index is 324. The standard InChI is InChI=1S/C9H10ClN3/c1-9(2,6-11)3-7-4-13-8(10)5-12-7/h4-5H,3H2,1-2H3. The maximum Gasteiger partial charge on any atom is 0.147 e. The molecule has 68 valence electrons. The van der Waals surface area contributed by atoms with Crippen molar-refractivity contribution in [3.05, 3.63) is 23.2 Å². The van der Waals surface area contributed by atoms with Crippen LogP contribution in [0.4, 0.5) is 0 Å². The van der Waals surface area contributed by atoms with Crippen molar-refractivity contribution in [3.8, 4) is 6.07 Å². The van der Waals surface area contributed by atoms with Gasteiger partial charge < -0.3 is 0 Å². The third-order valence-electron chi connectivity index (χ3n) is 1.60. The minimum Gasteiger partial charge on any atom is -0.256 e. The third-order valence-corrected chi connectivity index (χ3v) is 1.79. The first-order chi connectivity index (χ1) is 6.03. The molecule has 0 spiro atoms. The fourth-order valence-electron chi connectivity index (χ4n) is 0.923. The van der Waals surface area contributed by atoms with E-state index in [1.54, 1.807) is 6.20 Å². The zero-order valence-corrected chi connectivity index (χ0v) is 8.34. The van der Waals surface area contributed by atoms with E-state index in [0.717, 1.165) is 5.69 Å². The van der Waals surface area contributed by atoms with Gasteiger partial charge in [-0.25, -0.2) is 4.98 Å². The molecule has 0 radical (unpaired) electrons. The van der Waals surface area contributed by atoms with E-state index in [1.807, 2.05) is 13.8 Å². The molecule has 0 atom stereocenters. The molecule has 0 N–H and O–H groups in total. The highest BCUT2D eigenvalue weighted by Gasteiger charge is 2.18. The van der Waals surface area contributed by atoms with Crippen LogP contribution in [-0.4, -0.2) is 9.97 Å². The second kappa shape index (κ2) is 3.71. The second-order valence-electron chi connectivity index (χ2n) is 3.50. The highest BCUT2D eigenvalue weighted by Crippen LogP contribution is 2.18. The van der Waals surface area contributed by atoms with Crippen molar-refractivity contribution in [2.75, 3.05) is 0 Å². The first-order valence-electron chi connectivity index (χ1n) is 3.91. The number of nitriles is 1. The number of rotatable bonds is 2. The molecule has 0 saturated carbocycles. The SMILES string of the molecule is CC(C)(C#N)Cc1cnc(Cl)cn1. The van der Waals surface area contributed by atoms with Gasteiger partial charge in [-0.05, 0) is 13.8 Å². The molecule has 0 aliphatic heterocycles. The maximum atomic E-state index is 8.79. The van der Waals surface area contributed by atoms with Gasteiger partial charge in [0.25, 0.3) is 0 Å². The number of nitrogens with zero attached hydrogens (tertiary/aromatic N) is 3. The summed E-state index contributed by atoms with van der Waals surface area (Å²) in [5.74, 6) is 0. The van der Waals surface area contributed by atoms with E-state index in [4.69, 9.17) is 16.9 Å². The van der Waals surface area contributed by atoms with Gasteiger partial charge in [0.15, 0.2) is 0 Å². The Labute approximate surface area is 82.4 Å². The molecular weight excluding hydrogens is 186 g/mol. The van der Waals surface area contributed by atoms with Crippen LogP contribution in [-0.2, 0) is 6.42 Å². The van der Waals surface area contributed by atoms with Crippen LogP contribution in [0.25, 0.3) is 0 Å². The quantitative estimate of drug-likeness (QED) is 0.727. The van der Waals surface area contributed by atoms with Gasteiger partial charge in [0, 0.05) is 6.42 Å². The summed E-state index contributed by atoms with van der Waals surface area (Å²) in [5, 5.41) is 9.16. The molecule has 0 amide bonds. The van der Waals surface area contributed by atoms with Crippen LogP contribution in [0.5, 0.6) is 0 Å². The maximum absolute atomic E-state index is 8.79. The van der Waals surface area contributed by atoms with Gasteiger partial charge in [-0.3, -0.25) is 4.98 Å². The number of halogens is 1. The second-order valence-corrected chi connectivity index (χ2v) is 3.89. The molecule has 1 aromatic heterocycles. The Morgan fingerprint density at radius 1 is 1.46 bits per heavy atom. The van der Waals surface area contributed by atoms with Crippen molar-refractivity contribution in [3.63, 3.8) is 0 Å². The number of hydrogen-bond donors (Lipinski definition) is 0. The van der Waals surface area contributed by atoms with E-state index in [9.17, 15) is 0 Å². The summed E-state index contributed by atoms with van der Waals surface area (Å²) < 4.78 is 0. The first-order valence-corrected chi connectivity index (χ1v) is 4.29. The lowest BCUT2D eigenvalue weighted by Crippen LogP contribution is -2.12. The Kier molecular flexibility index (Phi) is 2.84. The molecule has 0 saturated heterocycles. The molecule has 0 fully saturated rings. The summed E-state index contributed by atoms with van der Waals surface area (Å²) in [6.45, 7) is 3.73. The lowest BCUT2D eigenvalue weighted by atomic mass is 9.90. The van der Waals surface area contributed by atoms with Crippen molar-refractivity contribution in [1.29, 1.82) is 5.26 Å². The molecule has 3 nitrogen and oxygen atoms in total. The van der Waals surface area contributed by atoms with E-state index in [1.165, 1.54) is 6.20 Å². The van der Waals surface area contributed by atoms with Crippen LogP contribution >= 0.6 is 11.6 Å². The van der Waals surface area contributed by atoms with Gasteiger partial charge in [-0.15, -0.1) is 0 Å². The van der Waals surface area contributed by atoms with Gasteiger partial charge in [-0.2, -0.15) is 5.26 Å². The number of hydrogen-bond acceptors (Lipinski definition) is 3. The summed E-state index contributed by atoms with van der Waals surface area (Å²) in [5.41, 5.74) is 0.388.